The zero-order valence-corrected chi connectivity index (χ0v) is 19.8. The number of benzene rings is 2. The molecule has 1 unspecified atom stereocenters. The lowest BCUT2D eigenvalue weighted by Crippen LogP contribution is -2.28. The van der Waals surface area contributed by atoms with E-state index in [4.69, 9.17) is 0 Å². The quantitative estimate of drug-likeness (QED) is 0.470. The van der Waals surface area contributed by atoms with Crippen LogP contribution in [-0.4, -0.2) is 20.2 Å². The Morgan fingerprint density at radius 3 is 1.79 bits per heavy atom. The molecule has 0 saturated heterocycles. The monoisotopic (exact) mass is 462 g/mol. The van der Waals surface area contributed by atoms with Crippen molar-refractivity contribution in [3.63, 3.8) is 0 Å². The van der Waals surface area contributed by atoms with E-state index >= 15 is 0 Å². The molecule has 0 fully saturated rings. The second kappa shape index (κ2) is 7.90. The fourth-order valence-corrected chi connectivity index (χ4v) is 4.27. The Bertz CT molecular complexity index is 1600. The minimum atomic E-state index is -1.17. The number of aromatic nitrogens is 2. The smallest absolute Gasteiger partial charge is 0.335 e. The Labute approximate surface area is 194 Å². The van der Waals surface area contributed by atoms with Crippen LogP contribution in [0.1, 0.15) is 69.4 Å². The Balaban J connectivity index is 2.07. The zero-order valence-electron chi connectivity index (χ0n) is 19.8. The summed E-state index contributed by atoms with van der Waals surface area (Å²) in [5.41, 5.74) is -1.91. The summed E-state index contributed by atoms with van der Waals surface area (Å²) in [7, 11) is 0. The van der Waals surface area contributed by atoms with E-state index in [1.807, 2.05) is 27.7 Å². The number of hydrogen-bond donors (Lipinski definition) is 1. The minimum absolute atomic E-state index is 0.0212. The number of carbonyl (C=O) groups is 1. The summed E-state index contributed by atoms with van der Waals surface area (Å²) in [4.78, 5) is 64.2. The van der Waals surface area contributed by atoms with Gasteiger partial charge in [0.1, 0.15) is 0 Å². The van der Waals surface area contributed by atoms with Gasteiger partial charge in [0.2, 0.25) is 0 Å². The van der Waals surface area contributed by atoms with Crippen molar-refractivity contribution >= 4 is 27.5 Å². The molecular weight excluding hydrogens is 436 g/mol. The van der Waals surface area contributed by atoms with Gasteiger partial charge in [-0.05, 0) is 61.1 Å². The number of aromatic carboxylic acids is 1. The van der Waals surface area contributed by atoms with Gasteiger partial charge in [-0.1, -0.05) is 27.7 Å². The number of fused-ring (bicyclic) bond motifs is 2. The molecule has 0 bridgehead atoms. The van der Waals surface area contributed by atoms with Crippen molar-refractivity contribution in [2.24, 2.45) is 0 Å². The van der Waals surface area contributed by atoms with Crippen molar-refractivity contribution < 1.29 is 9.90 Å². The van der Waals surface area contributed by atoms with Crippen LogP contribution in [0.2, 0.25) is 0 Å². The third-order valence-corrected chi connectivity index (χ3v) is 7.04. The molecule has 4 aromatic rings. The highest BCUT2D eigenvalue weighted by molar-refractivity contribution is 5.98. The Morgan fingerprint density at radius 2 is 1.35 bits per heavy atom. The largest absolute Gasteiger partial charge is 0.478 e. The number of hydrogen-bond acceptors (Lipinski definition) is 5. The van der Waals surface area contributed by atoms with E-state index in [9.17, 15) is 29.1 Å². The maximum Gasteiger partial charge on any atom is 0.335 e. The van der Waals surface area contributed by atoms with E-state index in [-0.39, 0.29) is 38.8 Å². The summed E-state index contributed by atoms with van der Waals surface area (Å²) >= 11 is 0. The zero-order chi connectivity index (χ0) is 25.1. The fraction of sp³-hybridized carbons (Fsp3) is 0.346. The van der Waals surface area contributed by atoms with Crippen LogP contribution >= 0.6 is 0 Å². The third-order valence-electron chi connectivity index (χ3n) is 7.04. The molecule has 8 heteroatoms. The lowest BCUT2D eigenvalue weighted by Gasteiger charge is -2.24. The van der Waals surface area contributed by atoms with Gasteiger partial charge in [-0.2, -0.15) is 0 Å². The van der Waals surface area contributed by atoms with Crippen LogP contribution in [-0.2, 0) is 5.41 Å². The highest BCUT2D eigenvalue weighted by Gasteiger charge is 2.25. The Morgan fingerprint density at radius 1 is 0.853 bits per heavy atom. The van der Waals surface area contributed by atoms with Gasteiger partial charge < -0.3 is 5.11 Å². The molecule has 2 aromatic carbocycles. The lowest BCUT2D eigenvalue weighted by atomic mass is 9.81. The van der Waals surface area contributed by atoms with E-state index in [0.717, 1.165) is 9.13 Å². The van der Waals surface area contributed by atoms with E-state index in [1.165, 1.54) is 18.2 Å². The number of rotatable bonds is 6. The minimum Gasteiger partial charge on any atom is -0.478 e. The Kier molecular flexibility index (Phi) is 5.43. The van der Waals surface area contributed by atoms with Crippen LogP contribution in [0.25, 0.3) is 27.2 Å². The number of nitrogens with zero attached hydrogens (tertiary/aromatic N) is 2. The first-order valence-corrected chi connectivity index (χ1v) is 11.3. The molecule has 0 amide bonds. The molecule has 0 aliphatic carbocycles. The van der Waals surface area contributed by atoms with Crippen LogP contribution in [0.15, 0.2) is 49.5 Å². The summed E-state index contributed by atoms with van der Waals surface area (Å²) in [6.45, 7) is 9.49. The predicted octanol–water partition coefficient (Wildman–Crippen LogP) is 3.26. The van der Waals surface area contributed by atoms with E-state index < -0.39 is 33.6 Å². The fourth-order valence-electron chi connectivity index (χ4n) is 4.27. The van der Waals surface area contributed by atoms with Crippen molar-refractivity contribution in [2.45, 2.75) is 58.9 Å². The third kappa shape index (κ3) is 3.32. The molecule has 8 nitrogen and oxygen atoms in total. The van der Waals surface area contributed by atoms with E-state index in [0.29, 0.717) is 18.4 Å². The van der Waals surface area contributed by atoms with Gasteiger partial charge in [0.15, 0.2) is 0 Å². The van der Waals surface area contributed by atoms with Crippen LogP contribution in [0, 0.1) is 0 Å². The standard InChI is InChI=1S/C26H26N2O6/c1-6-13(3)27-21(29)17-11-19-20(12-18(17)22(27)30)24(32)28(23(19)31)16-9-14(25(33)34)8-15(10-16)26(4,5)7-2/h8-13H,6-7H2,1-5H3,(H,33,34). The van der Waals surface area contributed by atoms with Gasteiger partial charge in [-0.3, -0.25) is 23.7 Å². The number of carboxylic acid groups (broad SMARTS) is 1. The summed E-state index contributed by atoms with van der Waals surface area (Å²) in [5.74, 6) is -1.17. The average molecular weight is 463 g/mol. The van der Waals surface area contributed by atoms with Crippen molar-refractivity contribution in [3.8, 4) is 5.69 Å². The van der Waals surface area contributed by atoms with Crippen LogP contribution in [0.3, 0.4) is 0 Å². The van der Waals surface area contributed by atoms with E-state index in [2.05, 4.69) is 0 Å². The van der Waals surface area contributed by atoms with Crippen molar-refractivity contribution in [1.82, 2.24) is 9.13 Å². The van der Waals surface area contributed by atoms with Crippen molar-refractivity contribution in [2.75, 3.05) is 0 Å². The second-order valence-electron chi connectivity index (χ2n) is 9.44. The highest BCUT2D eigenvalue weighted by atomic mass is 16.4. The normalized spacial score (nSPS) is 13.1. The number of carboxylic acids is 1. The molecule has 0 aliphatic rings. The molecule has 2 heterocycles. The highest BCUT2D eigenvalue weighted by Crippen LogP contribution is 2.29. The van der Waals surface area contributed by atoms with Crippen LogP contribution in [0.5, 0.6) is 0 Å². The van der Waals surface area contributed by atoms with Gasteiger partial charge in [0, 0.05) is 6.04 Å². The first-order chi connectivity index (χ1) is 15.9. The second-order valence-corrected chi connectivity index (χ2v) is 9.44. The summed E-state index contributed by atoms with van der Waals surface area (Å²) in [6, 6.07) is 6.78. The Hall–Kier alpha value is -3.81. The molecule has 0 aliphatic heterocycles. The van der Waals surface area contributed by atoms with Crippen LogP contribution < -0.4 is 22.2 Å². The van der Waals surface area contributed by atoms with Gasteiger partial charge in [0.05, 0.1) is 32.8 Å². The van der Waals surface area contributed by atoms with Gasteiger partial charge in [-0.15, -0.1) is 0 Å². The summed E-state index contributed by atoms with van der Waals surface area (Å²) in [5, 5.41) is 9.85. The molecule has 4 rings (SSSR count). The average Bonchev–Trinajstić information content (AvgIpc) is 3.20. The summed E-state index contributed by atoms with van der Waals surface area (Å²) < 4.78 is 2.07. The molecule has 2 aromatic heterocycles. The van der Waals surface area contributed by atoms with Crippen molar-refractivity contribution in [3.05, 3.63) is 82.9 Å². The maximum absolute atomic E-state index is 13.3. The van der Waals surface area contributed by atoms with Gasteiger partial charge >= 0.3 is 5.97 Å². The molecule has 176 valence electrons. The molecule has 1 N–H and O–H groups in total. The van der Waals surface area contributed by atoms with E-state index in [1.54, 1.807) is 19.1 Å². The first-order valence-electron chi connectivity index (χ1n) is 11.3. The lowest BCUT2D eigenvalue weighted by molar-refractivity contribution is 0.0696. The molecule has 1 atom stereocenters. The first kappa shape index (κ1) is 23.4. The SMILES string of the molecule is CCC(C)n1c(=O)c2cc3c(=O)n(-c4cc(C(=O)O)cc(C(C)(C)CC)c4)c(=O)c3cc2c1=O. The maximum atomic E-state index is 13.3. The van der Waals surface area contributed by atoms with Crippen molar-refractivity contribution in [1.29, 1.82) is 0 Å². The molecule has 0 spiro atoms. The topological polar surface area (TPSA) is 115 Å². The molecule has 0 saturated carbocycles. The van der Waals surface area contributed by atoms with Gasteiger partial charge in [-0.25, -0.2) is 9.36 Å². The molecular formula is C26H26N2O6. The molecule has 0 radical (unpaired) electrons. The van der Waals surface area contributed by atoms with Crippen LogP contribution in [0.4, 0.5) is 0 Å². The summed E-state index contributed by atoms with van der Waals surface area (Å²) in [6.07, 6.45) is 1.29. The van der Waals surface area contributed by atoms with Gasteiger partial charge in [0.25, 0.3) is 22.2 Å². The predicted molar refractivity (Wildman–Crippen MR) is 132 cm³/mol. The molecule has 34 heavy (non-hydrogen) atoms.